The Hall–Kier alpha value is -0.600. The standard InChI is InChI=1S/C17H27ClFN/c1-3-5-6-7-8-12-16(20-13-4-2)14-10-9-11-15(18)17(14)19/h9-11,16,20H,3-8,12-13H2,1-2H3. The molecule has 0 radical (unpaired) electrons. The van der Waals surface area contributed by atoms with Crippen LogP contribution in [0.25, 0.3) is 0 Å². The van der Waals surface area contributed by atoms with Gasteiger partial charge in [0.1, 0.15) is 5.82 Å². The van der Waals surface area contributed by atoms with E-state index < -0.39 is 0 Å². The molecule has 3 heteroatoms. The smallest absolute Gasteiger partial charge is 0.146 e. The second-order valence-electron chi connectivity index (χ2n) is 5.35. The quantitative estimate of drug-likeness (QED) is 0.532. The first-order valence-corrected chi connectivity index (χ1v) is 8.25. The molecule has 0 saturated carbocycles. The van der Waals surface area contributed by atoms with Gasteiger partial charge in [0.05, 0.1) is 5.02 Å². The average molecular weight is 300 g/mol. The molecule has 1 rings (SSSR count). The van der Waals surface area contributed by atoms with Crippen molar-refractivity contribution in [3.63, 3.8) is 0 Å². The highest BCUT2D eigenvalue weighted by Crippen LogP contribution is 2.27. The van der Waals surface area contributed by atoms with Crippen LogP contribution >= 0.6 is 11.6 Å². The summed E-state index contributed by atoms with van der Waals surface area (Å²) in [7, 11) is 0. The number of hydrogen-bond acceptors (Lipinski definition) is 1. The number of rotatable bonds is 10. The largest absolute Gasteiger partial charge is 0.310 e. The van der Waals surface area contributed by atoms with Gasteiger partial charge in [-0.25, -0.2) is 4.39 Å². The Kier molecular flexibility index (Phi) is 8.88. The molecule has 1 unspecified atom stereocenters. The van der Waals surface area contributed by atoms with E-state index in [4.69, 9.17) is 11.6 Å². The van der Waals surface area contributed by atoms with E-state index in [1.54, 1.807) is 6.07 Å². The van der Waals surface area contributed by atoms with Crippen LogP contribution in [0.2, 0.25) is 5.02 Å². The molecule has 0 heterocycles. The van der Waals surface area contributed by atoms with E-state index in [1.807, 2.05) is 12.1 Å². The van der Waals surface area contributed by atoms with Crippen molar-refractivity contribution in [1.29, 1.82) is 0 Å². The first kappa shape index (κ1) is 17.5. The molecule has 1 atom stereocenters. The Balaban J connectivity index is 2.61. The summed E-state index contributed by atoms with van der Waals surface area (Å²) in [6.07, 6.45) is 8.19. The maximum Gasteiger partial charge on any atom is 0.146 e. The molecule has 0 spiro atoms. The van der Waals surface area contributed by atoms with Crippen molar-refractivity contribution in [3.05, 3.63) is 34.6 Å². The fraction of sp³-hybridized carbons (Fsp3) is 0.647. The van der Waals surface area contributed by atoms with Crippen molar-refractivity contribution in [1.82, 2.24) is 5.32 Å². The fourth-order valence-electron chi connectivity index (χ4n) is 2.43. The summed E-state index contributed by atoms with van der Waals surface area (Å²) >= 11 is 5.89. The zero-order valence-corrected chi connectivity index (χ0v) is 13.5. The Morgan fingerprint density at radius 1 is 1.10 bits per heavy atom. The lowest BCUT2D eigenvalue weighted by molar-refractivity contribution is 0.450. The molecular weight excluding hydrogens is 273 g/mol. The Labute approximate surface area is 127 Å². The van der Waals surface area contributed by atoms with Crippen LogP contribution < -0.4 is 5.32 Å². The zero-order valence-electron chi connectivity index (χ0n) is 12.7. The lowest BCUT2D eigenvalue weighted by atomic mass is 9.99. The fourth-order valence-corrected chi connectivity index (χ4v) is 2.61. The van der Waals surface area contributed by atoms with Gasteiger partial charge in [0.15, 0.2) is 0 Å². The van der Waals surface area contributed by atoms with Crippen molar-refractivity contribution in [3.8, 4) is 0 Å². The summed E-state index contributed by atoms with van der Waals surface area (Å²) in [5.41, 5.74) is 0.710. The summed E-state index contributed by atoms with van der Waals surface area (Å²) < 4.78 is 14.1. The third-order valence-electron chi connectivity index (χ3n) is 3.59. The molecule has 0 aliphatic heterocycles. The molecular formula is C17H27ClFN. The summed E-state index contributed by atoms with van der Waals surface area (Å²) in [4.78, 5) is 0. The molecule has 1 nitrogen and oxygen atoms in total. The van der Waals surface area contributed by atoms with Gasteiger partial charge in [0.2, 0.25) is 0 Å². The van der Waals surface area contributed by atoms with Crippen LogP contribution in [-0.2, 0) is 0 Å². The molecule has 1 aromatic rings. The van der Waals surface area contributed by atoms with Gasteiger partial charge in [-0.15, -0.1) is 0 Å². The van der Waals surface area contributed by atoms with Gasteiger partial charge in [0.25, 0.3) is 0 Å². The highest BCUT2D eigenvalue weighted by Gasteiger charge is 2.16. The summed E-state index contributed by atoms with van der Waals surface area (Å²) in [5.74, 6) is -0.267. The maximum absolute atomic E-state index is 14.1. The van der Waals surface area contributed by atoms with Crippen molar-refractivity contribution in [2.45, 2.75) is 64.8 Å². The predicted molar refractivity (Wildman–Crippen MR) is 85.8 cm³/mol. The average Bonchev–Trinajstić information content (AvgIpc) is 2.45. The molecule has 114 valence electrons. The van der Waals surface area contributed by atoms with E-state index in [1.165, 1.54) is 25.7 Å². The first-order valence-electron chi connectivity index (χ1n) is 7.88. The van der Waals surface area contributed by atoms with E-state index >= 15 is 0 Å². The molecule has 0 aliphatic carbocycles. The molecule has 20 heavy (non-hydrogen) atoms. The number of benzene rings is 1. The van der Waals surface area contributed by atoms with Crippen LogP contribution in [0, 0.1) is 5.82 Å². The molecule has 0 amide bonds. The maximum atomic E-state index is 14.1. The Morgan fingerprint density at radius 2 is 1.85 bits per heavy atom. The number of hydrogen-bond donors (Lipinski definition) is 1. The van der Waals surface area contributed by atoms with Crippen LogP contribution in [0.5, 0.6) is 0 Å². The van der Waals surface area contributed by atoms with Crippen LogP contribution in [0.15, 0.2) is 18.2 Å². The van der Waals surface area contributed by atoms with Gasteiger partial charge in [0, 0.05) is 11.6 Å². The number of unbranched alkanes of at least 4 members (excludes halogenated alkanes) is 4. The van der Waals surface area contributed by atoms with Gasteiger partial charge >= 0.3 is 0 Å². The van der Waals surface area contributed by atoms with Crippen molar-refractivity contribution >= 4 is 11.6 Å². The third-order valence-corrected chi connectivity index (χ3v) is 3.89. The van der Waals surface area contributed by atoms with Crippen LogP contribution in [-0.4, -0.2) is 6.54 Å². The summed E-state index contributed by atoms with van der Waals surface area (Å²) in [6.45, 7) is 5.25. The van der Waals surface area contributed by atoms with Crippen molar-refractivity contribution in [2.24, 2.45) is 0 Å². The first-order chi connectivity index (χ1) is 9.70. The van der Waals surface area contributed by atoms with Gasteiger partial charge in [-0.05, 0) is 25.5 Å². The minimum absolute atomic E-state index is 0.0790. The zero-order chi connectivity index (χ0) is 14.8. The van der Waals surface area contributed by atoms with E-state index in [0.29, 0.717) is 5.56 Å². The third kappa shape index (κ3) is 5.80. The van der Waals surface area contributed by atoms with E-state index in [-0.39, 0.29) is 16.9 Å². The number of halogens is 2. The van der Waals surface area contributed by atoms with E-state index in [9.17, 15) is 4.39 Å². The normalized spacial score (nSPS) is 12.6. The molecule has 0 aliphatic rings. The monoisotopic (exact) mass is 299 g/mol. The van der Waals surface area contributed by atoms with Crippen molar-refractivity contribution in [2.75, 3.05) is 6.54 Å². The lowest BCUT2D eigenvalue weighted by Crippen LogP contribution is -2.23. The van der Waals surface area contributed by atoms with Gasteiger partial charge < -0.3 is 5.32 Å². The predicted octanol–water partition coefficient (Wildman–Crippen LogP) is 5.88. The van der Waals surface area contributed by atoms with Crippen LogP contribution in [0.4, 0.5) is 4.39 Å². The highest BCUT2D eigenvalue weighted by atomic mass is 35.5. The van der Waals surface area contributed by atoms with Gasteiger partial charge in [-0.3, -0.25) is 0 Å². The van der Waals surface area contributed by atoms with Crippen LogP contribution in [0.1, 0.15) is 70.4 Å². The molecule has 0 saturated heterocycles. The Morgan fingerprint density at radius 3 is 2.55 bits per heavy atom. The van der Waals surface area contributed by atoms with Gasteiger partial charge in [-0.1, -0.05) is 69.7 Å². The second-order valence-corrected chi connectivity index (χ2v) is 5.76. The topological polar surface area (TPSA) is 12.0 Å². The van der Waals surface area contributed by atoms with Gasteiger partial charge in [-0.2, -0.15) is 0 Å². The molecule has 0 fully saturated rings. The number of nitrogens with one attached hydrogen (secondary N) is 1. The molecule has 0 aromatic heterocycles. The SMILES string of the molecule is CCCCCCCC(NCCC)c1cccc(Cl)c1F. The Bertz CT molecular complexity index is 381. The molecule has 1 N–H and O–H groups in total. The minimum Gasteiger partial charge on any atom is -0.310 e. The van der Waals surface area contributed by atoms with E-state index in [0.717, 1.165) is 25.8 Å². The molecule has 0 bridgehead atoms. The second kappa shape index (κ2) is 10.2. The minimum atomic E-state index is -0.267. The lowest BCUT2D eigenvalue weighted by Gasteiger charge is -2.20. The van der Waals surface area contributed by atoms with Crippen molar-refractivity contribution < 1.29 is 4.39 Å². The molecule has 1 aromatic carbocycles. The summed E-state index contributed by atoms with van der Waals surface area (Å²) in [6, 6.07) is 5.37. The summed E-state index contributed by atoms with van der Waals surface area (Å²) in [5, 5.41) is 3.67. The highest BCUT2D eigenvalue weighted by molar-refractivity contribution is 6.30. The van der Waals surface area contributed by atoms with Crippen LogP contribution in [0.3, 0.4) is 0 Å². The van der Waals surface area contributed by atoms with E-state index in [2.05, 4.69) is 19.2 Å².